The second-order valence-corrected chi connectivity index (χ2v) is 2.93. The molecule has 0 aliphatic rings. The largest absolute Gasteiger partial charge is 0.381 e. The second-order valence-electron chi connectivity index (χ2n) is 2.93. The minimum absolute atomic E-state index is 0.0185. The van der Waals surface area contributed by atoms with Crippen molar-refractivity contribution in [2.24, 2.45) is 0 Å². The highest BCUT2D eigenvalue weighted by Gasteiger charge is 2.07. The molecule has 0 amide bonds. The van der Waals surface area contributed by atoms with E-state index in [1.54, 1.807) is 0 Å². The van der Waals surface area contributed by atoms with E-state index >= 15 is 0 Å². The van der Waals surface area contributed by atoms with Crippen molar-refractivity contribution in [2.75, 3.05) is 13.2 Å². The van der Waals surface area contributed by atoms with Crippen molar-refractivity contribution in [3.63, 3.8) is 0 Å². The van der Waals surface area contributed by atoms with Crippen LogP contribution < -0.4 is 0 Å². The molecule has 0 atom stereocenters. The Balaban J connectivity index is 2.38. The molecule has 1 aromatic heterocycles. The monoisotopic (exact) mass is 198 g/mol. The number of Topliss-reactive ketones (excluding diaryl/α,β-unsaturated/α-hetero) is 1. The Bertz CT molecular complexity index is 296. The summed E-state index contributed by atoms with van der Waals surface area (Å²) in [5.41, 5.74) is 0. The van der Waals surface area contributed by atoms with Crippen LogP contribution in [0, 0.1) is 0 Å². The third-order valence-corrected chi connectivity index (χ3v) is 1.58. The zero-order valence-electron chi connectivity index (χ0n) is 8.45. The number of nitrogens with zero attached hydrogens (tertiary/aromatic N) is 2. The lowest BCUT2D eigenvalue weighted by Gasteiger charge is -1.94. The van der Waals surface area contributed by atoms with Crippen LogP contribution in [0.15, 0.2) is 4.52 Å². The van der Waals surface area contributed by atoms with Gasteiger partial charge in [-0.3, -0.25) is 4.79 Å². The summed E-state index contributed by atoms with van der Waals surface area (Å²) >= 11 is 0. The maximum Gasteiger partial charge on any atom is 0.234 e. The first-order valence-electron chi connectivity index (χ1n) is 4.61. The maximum atomic E-state index is 10.7. The quantitative estimate of drug-likeness (QED) is 0.632. The minimum Gasteiger partial charge on any atom is -0.381 e. The fourth-order valence-corrected chi connectivity index (χ4v) is 0.984. The normalized spacial score (nSPS) is 10.4. The van der Waals surface area contributed by atoms with Gasteiger partial charge in [0.2, 0.25) is 5.89 Å². The zero-order chi connectivity index (χ0) is 10.4. The number of carbonyl (C=O) groups is 1. The van der Waals surface area contributed by atoms with Gasteiger partial charge in [-0.1, -0.05) is 5.16 Å². The van der Waals surface area contributed by atoms with E-state index in [1.807, 2.05) is 6.92 Å². The molecule has 0 saturated heterocycles. The van der Waals surface area contributed by atoms with E-state index in [4.69, 9.17) is 9.26 Å². The van der Waals surface area contributed by atoms with E-state index in [0.29, 0.717) is 31.3 Å². The van der Waals surface area contributed by atoms with Gasteiger partial charge in [-0.15, -0.1) is 0 Å². The van der Waals surface area contributed by atoms with Crippen molar-refractivity contribution in [3.8, 4) is 0 Å². The molecule has 14 heavy (non-hydrogen) atoms. The van der Waals surface area contributed by atoms with Gasteiger partial charge in [-0.05, 0) is 13.8 Å². The minimum atomic E-state index is 0.0185. The van der Waals surface area contributed by atoms with Gasteiger partial charge in [0.25, 0.3) is 0 Å². The van der Waals surface area contributed by atoms with E-state index in [2.05, 4.69) is 10.1 Å². The smallest absolute Gasteiger partial charge is 0.234 e. The predicted molar refractivity (Wildman–Crippen MR) is 48.9 cm³/mol. The maximum absolute atomic E-state index is 10.7. The van der Waals surface area contributed by atoms with Crippen LogP contribution in [0.1, 0.15) is 25.6 Å². The Morgan fingerprint density at radius 2 is 2.36 bits per heavy atom. The standard InChI is InChI=1S/C9H14N2O3/c1-3-13-5-4-8-10-9(14-11-8)6-7(2)12/h3-6H2,1-2H3. The molecule has 0 unspecified atom stereocenters. The molecule has 0 bridgehead atoms. The second kappa shape index (κ2) is 5.49. The predicted octanol–water partition coefficient (Wildman–Crippen LogP) is 0.780. The van der Waals surface area contributed by atoms with Gasteiger partial charge in [0, 0.05) is 13.0 Å². The SMILES string of the molecule is CCOCCc1noc(CC(C)=O)n1. The number of rotatable bonds is 6. The van der Waals surface area contributed by atoms with Crippen LogP contribution >= 0.6 is 0 Å². The summed E-state index contributed by atoms with van der Waals surface area (Å²) in [7, 11) is 0. The van der Waals surface area contributed by atoms with Crippen molar-refractivity contribution in [2.45, 2.75) is 26.7 Å². The van der Waals surface area contributed by atoms with E-state index in [0.717, 1.165) is 0 Å². The summed E-state index contributed by atoms with van der Waals surface area (Å²) in [6.45, 7) is 4.68. The molecule has 0 saturated carbocycles. The van der Waals surface area contributed by atoms with Crippen LogP contribution in [0.4, 0.5) is 0 Å². The van der Waals surface area contributed by atoms with E-state index in [9.17, 15) is 4.79 Å². The van der Waals surface area contributed by atoms with Gasteiger partial charge >= 0.3 is 0 Å². The molecule has 1 rings (SSSR count). The molecule has 0 aromatic carbocycles. The summed E-state index contributed by atoms with van der Waals surface area (Å²) < 4.78 is 10.0. The lowest BCUT2D eigenvalue weighted by molar-refractivity contribution is -0.116. The number of ketones is 1. The summed E-state index contributed by atoms with van der Waals surface area (Å²) in [6.07, 6.45) is 0.830. The van der Waals surface area contributed by atoms with E-state index in [-0.39, 0.29) is 12.2 Å². The molecule has 5 nitrogen and oxygen atoms in total. The van der Waals surface area contributed by atoms with Crippen LogP contribution in [0.5, 0.6) is 0 Å². The summed E-state index contributed by atoms with van der Waals surface area (Å²) in [4.78, 5) is 14.8. The third kappa shape index (κ3) is 3.66. The Labute approximate surface area is 82.4 Å². The van der Waals surface area contributed by atoms with Crippen molar-refractivity contribution >= 4 is 5.78 Å². The topological polar surface area (TPSA) is 65.2 Å². The van der Waals surface area contributed by atoms with Crippen LogP contribution in [0.25, 0.3) is 0 Å². The number of aromatic nitrogens is 2. The van der Waals surface area contributed by atoms with Crippen molar-refractivity contribution < 1.29 is 14.1 Å². The fraction of sp³-hybridized carbons (Fsp3) is 0.667. The molecule has 0 spiro atoms. The first-order chi connectivity index (χ1) is 6.72. The molecule has 0 aliphatic carbocycles. The van der Waals surface area contributed by atoms with Gasteiger partial charge < -0.3 is 9.26 Å². The highest BCUT2D eigenvalue weighted by atomic mass is 16.5. The molecule has 0 N–H and O–H groups in total. The Hall–Kier alpha value is -1.23. The van der Waals surface area contributed by atoms with Gasteiger partial charge in [-0.2, -0.15) is 4.98 Å². The van der Waals surface area contributed by atoms with Gasteiger partial charge in [0.1, 0.15) is 5.78 Å². The molecular formula is C9H14N2O3. The first-order valence-corrected chi connectivity index (χ1v) is 4.61. The highest BCUT2D eigenvalue weighted by molar-refractivity contribution is 5.77. The fourth-order valence-electron chi connectivity index (χ4n) is 0.984. The van der Waals surface area contributed by atoms with Crippen molar-refractivity contribution in [1.29, 1.82) is 0 Å². The average molecular weight is 198 g/mol. The summed E-state index contributed by atoms with van der Waals surface area (Å²) in [6, 6.07) is 0. The molecule has 0 fully saturated rings. The molecule has 0 radical (unpaired) electrons. The van der Waals surface area contributed by atoms with Gasteiger partial charge in [-0.25, -0.2) is 0 Å². The van der Waals surface area contributed by atoms with Crippen LogP contribution in [-0.4, -0.2) is 29.1 Å². The highest BCUT2D eigenvalue weighted by Crippen LogP contribution is 1.99. The number of ether oxygens (including phenoxy) is 1. The van der Waals surface area contributed by atoms with Crippen molar-refractivity contribution in [3.05, 3.63) is 11.7 Å². The van der Waals surface area contributed by atoms with Crippen molar-refractivity contribution in [1.82, 2.24) is 10.1 Å². The lowest BCUT2D eigenvalue weighted by atomic mass is 10.3. The average Bonchev–Trinajstić information content (AvgIpc) is 2.52. The Morgan fingerprint density at radius 3 is 3.00 bits per heavy atom. The van der Waals surface area contributed by atoms with Gasteiger partial charge in [0.15, 0.2) is 5.82 Å². The third-order valence-electron chi connectivity index (χ3n) is 1.58. The van der Waals surface area contributed by atoms with Gasteiger partial charge in [0.05, 0.1) is 13.0 Å². The molecule has 78 valence electrons. The number of hydrogen-bond donors (Lipinski definition) is 0. The van der Waals surface area contributed by atoms with Crippen LogP contribution in [0.3, 0.4) is 0 Å². The zero-order valence-corrected chi connectivity index (χ0v) is 8.45. The van der Waals surface area contributed by atoms with Crippen LogP contribution in [0.2, 0.25) is 0 Å². The molecule has 1 heterocycles. The first kappa shape index (κ1) is 10.8. The Morgan fingerprint density at radius 1 is 1.57 bits per heavy atom. The molecular weight excluding hydrogens is 184 g/mol. The number of hydrogen-bond acceptors (Lipinski definition) is 5. The molecule has 0 aliphatic heterocycles. The lowest BCUT2D eigenvalue weighted by Crippen LogP contribution is -2.00. The van der Waals surface area contributed by atoms with Crippen LogP contribution in [-0.2, 0) is 22.4 Å². The number of carbonyl (C=O) groups excluding carboxylic acids is 1. The summed E-state index contributed by atoms with van der Waals surface area (Å²) in [5.74, 6) is 0.990. The van der Waals surface area contributed by atoms with E-state index in [1.165, 1.54) is 6.92 Å². The molecule has 1 aromatic rings. The Kier molecular flexibility index (Phi) is 4.25. The summed E-state index contributed by atoms with van der Waals surface area (Å²) in [5, 5.41) is 3.72. The van der Waals surface area contributed by atoms with E-state index < -0.39 is 0 Å². The molecule has 5 heteroatoms.